The highest BCUT2D eigenvalue weighted by Crippen LogP contribution is 2.28. The summed E-state index contributed by atoms with van der Waals surface area (Å²) in [4.78, 5) is 23.7. The highest BCUT2D eigenvalue weighted by molar-refractivity contribution is 9.10. The predicted octanol–water partition coefficient (Wildman–Crippen LogP) is 3.70. The number of halogens is 1. The third-order valence-corrected chi connectivity index (χ3v) is 3.90. The van der Waals surface area contributed by atoms with E-state index in [1.807, 2.05) is 25.1 Å². The van der Waals surface area contributed by atoms with Gasteiger partial charge in [-0.3, -0.25) is 9.59 Å². The van der Waals surface area contributed by atoms with E-state index in [4.69, 9.17) is 0 Å². The monoisotopic (exact) mass is 294 g/mol. The Balaban J connectivity index is 2.21. The minimum absolute atomic E-state index is 0.102. The molecule has 90 valence electrons. The molecule has 0 spiro atoms. The van der Waals surface area contributed by atoms with Gasteiger partial charge in [0.15, 0.2) is 5.78 Å². The summed E-state index contributed by atoms with van der Waals surface area (Å²) in [5.74, 6) is 0.206. The summed E-state index contributed by atoms with van der Waals surface area (Å²) >= 11 is 3.42. The van der Waals surface area contributed by atoms with E-state index >= 15 is 0 Å². The number of rotatable bonds is 2. The van der Waals surface area contributed by atoms with Crippen LogP contribution in [0.4, 0.5) is 0 Å². The van der Waals surface area contributed by atoms with Crippen LogP contribution in [-0.2, 0) is 4.79 Å². The zero-order valence-electron chi connectivity index (χ0n) is 9.83. The number of hydrogen-bond donors (Lipinski definition) is 0. The van der Waals surface area contributed by atoms with E-state index in [1.165, 1.54) is 0 Å². The van der Waals surface area contributed by atoms with Crippen LogP contribution in [-0.4, -0.2) is 11.6 Å². The summed E-state index contributed by atoms with van der Waals surface area (Å²) in [6, 6.07) is 5.72. The van der Waals surface area contributed by atoms with Gasteiger partial charge in [-0.05, 0) is 37.5 Å². The largest absolute Gasteiger partial charge is 0.300 e. The molecule has 1 saturated carbocycles. The fourth-order valence-corrected chi connectivity index (χ4v) is 2.98. The van der Waals surface area contributed by atoms with Crippen molar-refractivity contribution >= 4 is 27.5 Å². The highest BCUT2D eigenvalue weighted by atomic mass is 79.9. The number of carbonyl (C=O) groups excluding carboxylic acids is 2. The smallest absolute Gasteiger partial charge is 0.167 e. The highest BCUT2D eigenvalue weighted by Gasteiger charge is 2.27. The minimum atomic E-state index is -0.116. The third-order valence-electron chi connectivity index (χ3n) is 3.24. The average Bonchev–Trinajstić information content (AvgIpc) is 2.28. The van der Waals surface area contributed by atoms with Crippen LogP contribution >= 0.6 is 15.9 Å². The van der Waals surface area contributed by atoms with Crippen LogP contribution in [0.2, 0.25) is 0 Å². The van der Waals surface area contributed by atoms with Crippen molar-refractivity contribution in [2.75, 3.05) is 0 Å². The Labute approximate surface area is 110 Å². The molecular weight excluding hydrogens is 280 g/mol. The number of carbonyl (C=O) groups is 2. The Morgan fingerprint density at radius 3 is 2.82 bits per heavy atom. The fourth-order valence-electron chi connectivity index (χ4n) is 2.29. The molecule has 1 aromatic rings. The summed E-state index contributed by atoms with van der Waals surface area (Å²) in [6.07, 6.45) is 2.74. The molecule has 17 heavy (non-hydrogen) atoms. The minimum Gasteiger partial charge on any atom is -0.300 e. The normalized spacial score (nSPS) is 20.4. The topological polar surface area (TPSA) is 34.1 Å². The van der Waals surface area contributed by atoms with Gasteiger partial charge >= 0.3 is 0 Å². The van der Waals surface area contributed by atoms with Gasteiger partial charge in [0.2, 0.25) is 0 Å². The molecule has 1 fully saturated rings. The van der Waals surface area contributed by atoms with Crippen molar-refractivity contribution in [2.24, 2.45) is 5.92 Å². The molecule has 1 aromatic carbocycles. The summed E-state index contributed by atoms with van der Waals surface area (Å²) < 4.78 is 0.834. The number of ketones is 2. The molecule has 0 radical (unpaired) electrons. The number of aryl methyl sites for hydroxylation is 1. The molecule has 2 nitrogen and oxygen atoms in total. The Hall–Kier alpha value is -0.960. The maximum atomic E-state index is 12.3. The van der Waals surface area contributed by atoms with E-state index in [-0.39, 0.29) is 17.5 Å². The molecule has 2 rings (SSSR count). The Morgan fingerprint density at radius 1 is 1.41 bits per heavy atom. The van der Waals surface area contributed by atoms with Crippen LogP contribution in [0.5, 0.6) is 0 Å². The lowest BCUT2D eigenvalue weighted by Crippen LogP contribution is -2.23. The van der Waals surface area contributed by atoms with Crippen molar-refractivity contribution in [3.63, 3.8) is 0 Å². The van der Waals surface area contributed by atoms with E-state index < -0.39 is 0 Å². The van der Waals surface area contributed by atoms with Gasteiger partial charge in [0.1, 0.15) is 5.78 Å². The molecule has 0 bridgehead atoms. The molecule has 3 heteroatoms. The number of Topliss-reactive ketones (excluding diaryl/α,β-unsaturated/α-hetero) is 2. The molecule has 0 aromatic heterocycles. The second kappa shape index (κ2) is 5.13. The first kappa shape index (κ1) is 12.5. The second-order valence-corrected chi connectivity index (χ2v) is 5.53. The van der Waals surface area contributed by atoms with Crippen molar-refractivity contribution in [3.8, 4) is 0 Å². The average molecular weight is 295 g/mol. The first-order chi connectivity index (χ1) is 8.08. The van der Waals surface area contributed by atoms with Crippen molar-refractivity contribution in [1.82, 2.24) is 0 Å². The maximum absolute atomic E-state index is 12.3. The molecule has 0 saturated heterocycles. The number of benzene rings is 1. The first-order valence-electron chi connectivity index (χ1n) is 5.90. The summed E-state index contributed by atoms with van der Waals surface area (Å²) in [7, 11) is 0. The molecule has 0 aliphatic heterocycles. The summed E-state index contributed by atoms with van der Waals surface area (Å²) in [5, 5.41) is 0. The number of hydrogen-bond acceptors (Lipinski definition) is 2. The molecular formula is C14H15BrO2. The standard InChI is InChI=1S/C14H15BrO2/c1-9-5-6-12(13(15)7-9)14(17)10-3-2-4-11(16)8-10/h5-7,10H,2-4,8H2,1H3. The molecule has 0 amide bonds. The molecule has 1 atom stereocenters. The van der Waals surface area contributed by atoms with Gasteiger partial charge in [0.05, 0.1) is 0 Å². The lowest BCUT2D eigenvalue weighted by Gasteiger charge is -2.20. The van der Waals surface area contributed by atoms with Gasteiger partial charge in [0, 0.05) is 28.8 Å². The molecule has 1 aliphatic carbocycles. The van der Waals surface area contributed by atoms with Crippen LogP contribution in [0.1, 0.15) is 41.6 Å². The van der Waals surface area contributed by atoms with Gasteiger partial charge in [-0.25, -0.2) is 0 Å². The van der Waals surface area contributed by atoms with Gasteiger partial charge in [-0.1, -0.05) is 22.0 Å². The van der Waals surface area contributed by atoms with Gasteiger partial charge < -0.3 is 0 Å². The fraction of sp³-hybridized carbons (Fsp3) is 0.429. The van der Waals surface area contributed by atoms with Crippen molar-refractivity contribution in [2.45, 2.75) is 32.6 Å². The van der Waals surface area contributed by atoms with Crippen LogP contribution < -0.4 is 0 Å². The summed E-state index contributed by atoms with van der Waals surface area (Å²) in [5.41, 5.74) is 1.82. The van der Waals surface area contributed by atoms with E-state index in [0.717, 1.165) is 22.9 Å². The molecule has 1 unspecified atom stereocenters. The van der Waals surface area contributed by atoms with E-state index in [9.17, 15) is 9.59 Å². The Kier molecular flexibility index (Phi) is 3.77. The van der Waals surface area contributed by atoms with E-state index in [0.29, 0.717) is 18.4 Å². The van der Waals surface area contributed by atoms with Gasteiger partial charge in [-0.2, -0.15) is 0 Å². The van der Waals surface area contributed by atoms with Crippen molar-refractivity contribution < 1.29 is 9.59 Å². The van der Waals surface area contributed by atoms with E-state index in [2.05, 4.69) is 15.9 Å². The van der Waals surface area contributed by atoms with Crippen LogP contribution in [0.25, 0.3) is 0 Å². The zero-order valence-corrected chi connectivity index (χ0v) is 11.4. The lowest BCUT2D eigenvalue weighted by molar-refractivity contribution is -0.121. The van der Waals surface area contributed by atoms with Crippen LogP contribution in [0.3, 0.4) is 0 Å². The summed E-state index contributed by atoms with van der Waals surface area (Å²) in [6.45, 7) is 1.99. The van der Waals surface area contributed by atoms with Crippen LogP contribution in [0.15, 0.2) is 22.7 Å². The SMILES string of the molecule is Cc1ccc(C(=O)C2CCCC(=O)C2)c(Br)c1. The zero-order chi connectivity index (χ0) is 12.4. The quantitative estimate of drug-likeness (QED) is 0.780. The molecule has 1 aliphatic rings. The Morgan fingerprint density at radius 2 is 2.18 bits per heavy atom. The maximum Gasteiger partial charge on any atom is 0.167 e. The van der Waals surface area contributed by atoms with Gasteiger partial charge in [-0.15, -0.1) is 0 Å². The van der Waals surface area contributed by atoms with Crippen molar-refractivity contribution in [3.05, 3.63) is 33.8 Å². The second-order valence-electron chi connectivity index (χ2n) is 4.68. The predicted molar refractivity (Wildman–Crippen MR) is 70.2 cm³/mol. The van der Waals surface area contributed by atoms with Gasteiger partial charge in [0.25, 0.3) is 0 Å². The molecule has 0 heterocycles. The third kappa shape index (κ3) is 2.83. The van der Waals surface area contributed by atoms with Crippen molar-refractivity contribution in [1.29, 1.82) is 0 Å². The lowest BCUT2D eigenvalue weighted by atomic mass is 9.83. The Bertz CT molecular complexity index is 465. The first-order valence-corrected chi connectivity index (χ1v) is 6.69. The van der Waals surface area contributed by atoms with E-state index in [1.54, 1.807) is 0 Å². The molecule has 0 N–H and O–H groups in total. The van der Waals surface area contributed by atoms with Crippen LogP contribution in [0, 0.1) is 12.8 Å².